The van der Waals surface area contributed by atoms with Crippen molar-refractivity contribution in [2.24, 2.45) is 0 Å². The van der Waals surface area contributed by atoms with Crippen molar-refractivity contribution in [2.45, 2.75) is 0 Å². The van der Waals surface area contributed by atoms with E-state index in [2.05, 4.69) is 0 Å². The van der Waals surface area contributed by atoms with Crippen LogP contribution in [0.25, 0.3) is 6.08 Å². The third kappa shape index (κ3) is 4.53. The molecule has 5 heteroatoms. The maximum Gasteiger partial charge on any atom is 0.257 e. The maximum absolute atomic E-state index is 12.9. The highest BCUT2D eigenvalue weighted by Crippen LogP contribution is 2.18. The van der Waals surface area contributed by atoms with Crippen molar-refractivity contribution < 1.29 is 9.53 Å². The number of anilines is 1. The average Bonchev–Trinajstić information content (AvgIpc) is 2.69. The van der Waals surface area contributed by atoms with Gasteiger partial charge >= 0.3 is 0 Å². The first-order valence-electron chi connectivity index (χ1n) is 8.24. The molecule has 1 aliphatic rings. The molecule has 2 aromatic rings. The van der Waals surface area contributed by atoms with Crippen molar-refractivity contribution >= 4 is 35.0 Å². The van der Waals surface area contributed by atoms with E-state index >= 15 is 0 Å². The molecule has 1 fully saturated rings. The van der Waals surface area contributed by atoms with Gasteiger partial charge in [-0.05, 0) is 36.0 Å². The second kappa shape index (κ2) is 8.55. The van der Waals surface area contributed by atoms with E-state index in [1.165, 1.54) is 0 Å². The number of carbonyl (C=O) groups is 1. The van der Waals surface area contributed by atoms with Crippen LogP contribution in [0, 0.1) is 0 Å². The molecule has 0 atom stereocenters. The highest BCUT2D eigenvalue weighted by molar-refractivity contribution is 7.80. The lowest BCUT2D eigenvalue weighted by Crippen LogP contribution is -2.50. The fourth-order valence-corrected chi connectivity index (χ4v) is 2.99. The predicted molar refractivity (Wildman–Crippen MR) is 104 cm³/mol. The molecule has 0 N–H and O–H groups in total. The Kier molecular flexibility index (Phi) is 5.93. The summed E-state index contributed by atoms with van der Waals surface area (Å²) in [5.41, 5.74) is 1.74. The Morgan fingerprint density at radius 3 is 2.24 bits per heavy atom. The van der Waals surface area contributed by atoms with Crippen LogP contribution < -0.4 is 4.90 Å². The Bertz CT molecular complexity index is 741. The van der Waals surface area contributed by atoms with Gasteiger partial charge in [0.1, 0.15) is 0 Å². The number of nitrogens with zero attached hydrogens (tertiary/aromatic N) is 2. The molecule has 0 saturated carbocycles. The Balaban J connectivity index is 1.84. The highest BCUT2D eigenvalue weighted by atomic mass is 32.1. The zero-order valence-electron chi connectivity index (χ0n) is 13.9. The van der Waals surface area contributed by atoms with Gasteiger partial charge in [-0.3, -0.25) is 9.69 Å². The number of ether oxygens (including phenoxy) is 1. The maximum atomic E-state index is 12.9. The number of carbonyl (C=O) groups excluding carboxylic acids is 1. The molecule has 0 radical (unpaired) electrons. The van der Waals surface area contributed by atoms with Crippen LogP contribution in [0.3, 0.4) is 0 Å². The topological polar surface area (TPSA) is 32.8 Å². The van der Waals surface area contributed by atoms with Gasteiger partial charge < -0.3 is 9.64 Å². The quantitative estimate of drug-likeness (QED) is 0.626. The van der Waals surface area contributed by atoms with Gasteiger partial charge in [0.25, 0.3) is 5.91 Å². The van der Waals surface area contributed by atoms with Crippen LogP contribution >= 0.6 is 12.2 Å². The molecule has 0 unspecified atom stereocenters. The standard InChI is InChI=1S/C20H20N2O2S/c23-19(12-11-17-7-3-1-4-8-17)22(18-9-5-2-6-10-18)20(25)21-13-15-24-16-14-21/h1-12H,13-16H2/b12-11+. The summed E-state index contributed by atoms with van der Waals surface area (Å²) >= 11 is 5.63. The van der Waals surface area contributed by atoms with Gasteiger partial charge in [-0.2, -0.15) is 0 Å². The molecule has 1 heterocycles. The monoisotopic (exact) mass is 352 g/mol. The minimum Gasteiger partial charge on any atom is -0.378 e. The molecule has 3 rings (SSSR count). The number of morpholine rings is 1. The summed E-state index contributed by atoms with van der Waals surface area (Å²) in [5, 5.41) is 0.511. The van der Waals surface area contributed by atoms with Crippen molar-refractivity contribution in [1.29, 1.82) is 0 Å². The van der Waals surface area contributed by atoms with Gasteiger partial charge in [0.15, 0.2) is 5.11 Å². The highest BCUT2D eigenvalue weighted by Gasteiger charge is 2.24. The van der Waals surface area contributed by atoms with Crippen molar-refractivity contribution in [2.75, 3.05) is 31.2 Å². The fraction of sp³-hybridized carbons (Fsp3) is 0.200. The Morgan fingerprint density at radius 2 is 1.60 bits per heavy atom. The zero-order chi connectivity index (χ0) is 17.5. The summed E-state index contributed by atoms with van der Waals surface area (Å²) in [6, 6.07) is 19.2. The van der Waals surface area contributed by atoms with Crippen molar-refractivity contribution in [3.63, 3.8) is 0 Å². The first-order chi connectivity index (χ1) is 12.3. The fourth-order valence-electron chi connectivity index (χ4n) is 2.61. The molecule has 0 aliphatic carbocycles. The van der Waals surface area contributed by atoms with Crippen molar-refractivity contribution in [1.82, 2.24) is 4.90 Å². The number of amides is 1. The Hall–Kier alpha value is -2.50. The molecule has 0 aromatic heterocycles. The van der Waals surface area contributed by atoms with Gasteiger partial charge in [-0.1, -0.05) is 48.5 Å². The molecule has 2 aromatic carbocycles. The summed E-state index contributed by atoms with van der Waals surface area (Å²) in [6.45, 7) is 2.63. The zero-order valence-corrected chi connectivity index (χ0v) is 14.7. The van der Waals surface area contributed by atoms with E-state index in [1.54, 1.807) is 17.1 Å². The van der Waals surface area contributed by atoms with E-state index in [-0.39, 0.29) is 5.91 Å². The van der Waals surface area contributed by atoms with Crippen LogP contribution in [-0.2, 0) is 9.53 Å². The first-order valence-corrected chi connectivity index (χ1v) is 8.65. The van der Waals surface area contributed by atoms with Gasteiger partial charge in [0.2, 0.25) is 0 Å². The number of benzene rings is 2. The van der Waals surface area contributed by atoms with Crippen LogP contribution in [-0.4, -0.2) is 42.2 Å². The first kappa shape index (κ1) is 17.3. The lowest BCUT2D eigenvalue weighted by Gasteiger charge is -2.34. The smallest absolute Gasteiger partial charge is 0.257 e. The van der Waals surface area contributed by atoms with Crippen LogP contribution in [0.5, 0.6) is 0 Å². The van der Waals surface area contributed by atoms with E-state index in [9.17, 15) is 4.79 Å². The minimum absolute atomic E-state index is 0.161. The lowest BCUT2D eigenvalue weighted by atomic mass is 10.2. The average molecular weight is 352 g/mol. The number of hydrogen-bond donors (Lipinski definition) is 0. The number of para-hydroxylation sites is 1. The largest absolute Gasteiger partial charge is 0.378 e. The molecule has 1 amide bonds. The molecule has 4 nitrogen and oxygen atoms in total. The van der Waals surface area contributed by atoms with Crippen LogP contribution in [0.15, 0.2) is 66.7 Å². The number of hydrogen-bond acceptors (Lipinski definition) is 3. The molecule has 128 valence electrons. The molecule has 25 heavy (non-hydrogen) atoms. The molecule has 0 bridgehead atoms. The van der Waals surface area contributed by atoms with E-state index < -0.39 is 0 Å². The normalized spacial score (nSPS) is 14.5. The van der Waals surface area contributed by atoms with Crippen LogP contribution in [0.4, 0.5) is 5.69 Å². The SMILES string of the molecule is O=C(/C=C/c1ccccc1)N(C(=S)N1CCOCC1)c1ccccc1. The van der Waals surface area contributed by atoms with Crippen molar-refractivity contribution in [3.8, 4) is 0 Å². The van der Waals surface area contributed by atoms with E-state index in [0.717, 1.165) is 11.3 Å². The van der Waals surface area contributed by atoms with E-state index in [4.69, 9.17) is 17.0 Å². The summed E-state index contributed by atoms with van der Waals surface area (Å²) in [7, 11) is 0. The second-order valence-corrected chi connectivity index (χ2v) is 6.00. The van der Waals surface area contributed by atoms with Gasteiger partial charge in [-0.25, -0.2) is 0 Å². The molecular formula is C20H20N2O2S. The molecule has 0 spiro atoms. The summed E-state index contributed by atoms with van der Waals surface area (Å²) in [5.74, 6) is -0.161. The van der Waals surface area contributed by atoms with E-state index in [1.807, 2.05) is 65.6 Å². The van der Waals surface area contributed by atoms with Gasteiger partial charge in [-0.15, -0.1) is 0 Å². The molecule has 1 saturated heterocycles. The van der Waals surface area contributed by atoms with Gasteiger partial charge in [0, 0.05) is 19.2 Å². The summed E-state index contributed by atoms with van der Waals surface area (Å²) in [4.78, 5) is 16.5. The Morgan fingerprint density at radius 1 is 1.00 bits per heavy atom. The van der Waals surface area contributed by atoms with Gasteiger partial charge in [0.05, 0.1) is 18.9 Å². The third-order valence-electron chi connectivity index (χ3n) is 3.93. The van der Waals surface area contributed by atoms with Crippen LogP contribution in [0.1, 0.15) is 5.56 Å². The molecular weight excluding hydrogens is 332 g/mol. The van der Waals surface area contributed by atoms with E-state index in [0.29, 0.717) is 31.4 Å². The summed E-state index contributed by atoms with van der Waals surface area (Å²) < 4.78 is 5.38. The van der Waals surface area contributed by atoms with Crippen molar-refractivity contribution in [3.05, 3.63) is 72.3 Å². The third-order valence-corrected chi connectivity index (χ3v) is 4.37. The number of thiocarbonyl (C=S) groups is 1. The number of rotatable bonds is 3. The molecule has 1 aliphatic heterocycles. The van der Waals surface area contributed by atoms with Crippen LogP contribution in [0.2, 0.25) is 0 Å². The summed E-state index contributed by atoms with van der Waals surface area (Å²) in [6.07, 6.45) is 3.37. The minimum atomic E-state index is -0.161. The Labute approximate surface area is 153 Å². The second-order valence-electron chi connectivity index (χ2n) is 5.64. The lowest BCUT2D eigenvalue weighted by molar-refractivity contribution is -0.113. The predicted octanol–water partition coefficient (Wildman–Crippen LogP) is 3.35.